The number of likely N-dealkylation sites (tertiary alicyclic amines) is 1. The fourth-order valence-corrected chi connectivity index (χ4v) is 3.80. The minimum absolute atomic E-state index is 0.0488. The van der Waals surface area contributed by atoms with Crippen LogP contribution in [-0.4, -0.2) is 55.2 Å². The van der Waals surface area contributed by atoms with Gasteiger partial charge in [-0.2, -0.15) is 10.2 Å². The van der Waals surface area contributed by atoms with Crippen LogP contribution in [0.25, 0.3) is 11.5 Å². The van der Waals surface area contributed by atoms with Gasteiger partial charge in [0.2, 0.25) is 17.5 Å². The molecule has 2 aromatic rings. The summed E-state index contributed by atoms with van der Waals surface area (Å²) in [6.45, 7) is 1.84. The van der Waals surface area contributed by atoms with Crippen molar-refractivity contribution in [3.8, 4) is 17.5 Å². The average Bonchev–Trinajstić information content (AvgIpc) is 3.09. The fourth-order valence-electron chi connectivity index (χ4n) is 3.11. The number of nitrogens with zero attached hydrogens (tertiary/aromatic N) is 3. The number of halogens is 5. The van der Waals surface area contributed by atoms with Crippen LogP contribution in [0.2, 0.25) is 15.1 Å². The monoisotopic (exact) mass is 478 g/mol. The highest BCUT2D eigenvalue weighted by Crippen LogP contribution is 2.37. The van der Waals surface area contributed by atoms with E-state index in [0.717, 1.165) is 0 Å². The highest BCUT2D eigenvalue weighted by atomic mass is 35.5. The standard InChI is InChI=1S/C19H19Cl3F2N4O2/c20-12-8-13(16(22)14(21)9-12)17-27-15(10-25)18(30-17)26-3-6-29-7-5-28-4-1-2-19(23,24)11-28/h8-9,26H,1-7,11H2. The fraction of sp³-hybridized carbons (Fsp3) is 0.474. The molecule has 0 bridgehead atoms. The van der Waals surface area contributed by atoms with Crippen LogP contribution in [0.3, 0.4) is 0 Å². The molecule has 3 rings (SSSR count). The SMILES string of the molecule is N#Cc1nc(-c2cc(Cl)cc(Cl)c2Cl)oc1NCCOCCN1CCCC(F)(F)C1. The van der Waals surface area contributed by atoms with Crippen LogP contribution in [0.5, 0.6) is 0 Å². The van der Waals surface area contributed by atoms with E-state index in [1.165, 1.54) is 6.07 Å². The lowest BCUT2D eigenvalue weighted by atomic mass is 10.1. The summed E-state index contributed by atoms with van der Waals surface area (Å²) in [6.07, 6.45) is 0.433. The maximum absolute atomic E-state index is 13.4. The van der Waals surface area contributed by atoms with Crippen molar-refractivity contribution < 1.29 is 17.9 Å². The first kappa shape index (κ1) is 23.0. The lowest BCUT2D eigenvalue weighted by molar-refractivity contribution is -0.0682. The molecular weight excluding hydrogens is 461 g/mol. The molecule has 0 aliphatic carbocycles. The summed E-state index contributed by atoms with van der Waals surface area (Å²) in [6, 6.07) is 4.97. The number of benzene rings is 1. The van der Waals surface area contributed by atoms with Crippen LogP contribution in [-0.2, 0) is 4.74 Å². The molecule has 1 aliphatic heterocycles. The Balaban J connectivity index is 1.50. The van der Waals surface area contributed by atoms with Gasteiger partial charge >= 0.3 is 0 Å². The van der Waals surface area contributed by atoms with Gasteiger partial charge in [0.05, 0.1) is 35.4 Å². The first-order valence-electron chi connectivity index (χ1n) is 9.27. The third kappa shape index (κ3) is 5.96. The molecule has 0 unspecified atom stereocenters. The number of nitriles is 1. The van der Waals surface area contributed by atoms with Crippen LogP contribution in [0.1, 0.15) is 18.5 Å². The molecule has 6 nitrogen and oxygen atoms in total. The maximum Gasteiger partial charge on any atom is 0.260 e. The van der Waals surface area contributed by atoms with Crippen LogP contribution >= 0.6 is 34.8 Å². The van der Waals surface area contributed by atoms with E-state index >= 15 is 0 Å². The Morgan fingerprint density at radius 1 is 1.30 bits per heavy atom. The number of hydrogen-bond donors (Lipinski definition) is 1. The average molecular weight is 480 g/mol. The van der Waals surface area contributed by atoms with Crippen molar-refractivity contribution in [2.45, 2.75) is 18.8 Å². The van der Waals surface area contributed by atoms with Crippen molar-refractivity contribution in [2.75, 3.05) is 44.7 Å². The van der Waals surface area contributed by atoms with Gasteiger partial charge in [-0.15, -0.1) is 0 Å². The Bertz CT molecular complexity index is 933. The molecule has 2 heterocycles. The molecule has 162 valence electrons. The minimum Gasteiger partial charge on any atom is -0.419 e. The number of hydrogen-bond acceptors (Lipinski definition) is 6. The molecule has 1 aromatic carbocycles. The molecule has 30 heavy (non-hydrogen) atoms. The summed E-state index contributed by atoms with van der Waals surface area (Å²) >= 11 is 18.2. The molecule has 0 radical (unpaired) electrons. The Labute approximate surface area is 187 Å². The van der Waals surface area contributed by atoms with Gasteiger partial charge in [-0.05, 0) is 25.1 Å². The first-order chi connectivity index (χ1) is 14.3. The molecule has 1 aliphatic rings. The van der Waals surface area contributed by atoms with Gasteiger partial charge in [0.1, 0.15) is 6.07 Å². The second kappa shape index (κ2) is 10.1. The van der Waals surface area contributed by atoms with E-state index < -0.39 is 5.92 Å². The van der Waals surface area contributed by atoms with Crippen molar-refractivity contribution in [3.63, 3.8) is 0 Å². The Morgan fingerprint density at radius 3 is 2.83 bits per heavy atom. The van der Waals surface area contributed by atoms with Gasteiger partial charge in [-0.1, -0.05) is 34.8 Å². The maximum atomic E-state index is 13.4. The quantitative estimate of drug-likeness (QED) is 0.407. The topological polar surface area (TPSA) is 74.3 Å². The van der Waals surface area contributed by atoms with E-state index in [1.807, 2.05) is 6.07 Å². The smallest absolute Gasteiger partial charge is 0.260 e. The van der Waals surface area contributed by atoms with Crippen LogP contribution in [0.4, 0.5) is 14.7 Å². The first-order valence-corrected chi connectivity index (χ1v) is 10.4. The number of piperidine rings is 1. The number of aromatic nitrogens is 1. The normalized spacial score (nSPS) is 16.4. The molecule has 11 heteroatoms. The summed E-state index contributed by atoms with van der Waals surface area (Å²) in [7, 11) is 0. The summed E-state index contributed by atoms with van der Waals surface area (Å²) in [5, 5.41) is 13.0. The van der Waals surface area contributed by atoms with Crippen molar-refractivity contribution in [3.05, 3.63) is 32.9 Å². The summed E-state index contributed by atoms with van der Waals surface area (Å²) in [5.41, 5.74) is 0.418. The lowest BCUT2D eigenvalue weighted by Gasteiger charge is -2.32. The highest BCUT2D eigenvalue weighted by molar-refractivity contribution is 6.44. The van der Waals surface area contributed by atoms with E-state index in [-0.39, 0.29) is 40.5 Å². The van der Waals surface area contributed by atoms with E-state index in [2.05, 4.69) is 10.3 Å². The van der Waals surface area contributed by atoms with Crippen LogP contribution < -0.4 is 5.32 Å². The van der Waals surface area contributed by atoms with Gasteiger partial charge in [-0.25, -0.2) is 8.78 Å². The molecule has 1 N–H and O–H groups in total. The van der Waals surface area contributed by atoms with Crippen molar-refractivity contribution >= 4 is 40.7 Å². The largest absolute Gasteiger partial charge is 0.419 e. The molecule has 1 fully saturated rings. The van der Waals surface area contributed by atoms with Gasteiger partial charge in [0.15, 0.2) is 0 Å². The molecule has 1 saturated heterocycles. The number of nitrogens with one attached hydrogen (secondary N) is 1. The second-order valence-corrected chi connectivity index (χ2v) is 8.05. The number of alkyl halides is 2. The molecule has 0 spiro atoms. The van der Waals surface area contributed by atoms with Gasteiger partial charge in [0.25, 0.3) is 5.92 Å². The third-order valence-electron chi connectivity index (χ3n) is 4.51. The van der Waals surface area contributed by atoms with E-state index in [1.54, 1.807) is 11.0 Å². The third-order valence-corrected chi connectivity index (χ3v) is 5.53. The number of oxazole rings is 1. The Hall–Kier alpha value is -1.63. The van der Waals surface area contributed by atoms with Gasteiger partial charge in [-0.3, -0.25) is 4.90 Å². The minimum atomic E-state index is -2.62. The molecule has 1 aromatic heterocycles. The zero-order chi connectivity index (χ0) is 21.7. The van der Waals surface area contributed by atoms with Crippen molar-refractivity contribution in [2.24, 2.45) is 0 Å². The molecular formula is C19H19Cl3F2N4O2. The summed E-state index contributed by atoms with van der Waals surface area (Å²) in [4.78, 5) is 5.82. The zero-order valence-corrected chi connectivity index (χ0v) is 18.1. The van der Waals surface area contributed by atoms with Gasteiger partial charge in [0, 0.05) is 24.5 Å². The van der Waals surface area contributed by atoms with Crippen LogP contribution in [0, 0.1) is 11.3 Å². The van der Waals surface area contributed by atoms with Crippen LogP contribution in [0.15, 0.2) is 16.5 Å². The van der Waals surface area contributed by atoms with Crippen molar-refractivity contribution in [1.82, 2.24) is 9.88 Å². The number of rotatable bonds is 8. The number of anilines is 1. The predicted molar refractivity (Wildman–Crippen MR) is 112 cm³/mol. The van der Waals surface area contributed by atoms with E-state index in [9.17, 15) is 14.0 Å². The second-order valence-electron chi connectivity index (χ2n) is 6.83. The molecule has 0 atom stereocenters. The lowest BCUT2D eigenvalue weighted by Crippen LogP contribution is -2.43. The predicted octanol–water partition coefficient (Wildman–Crippen LogP) is 5.33. The number of ether oxygens (including phenoxy) is 1. The highest BCUT2D eigenvalue weighted by Gasteiger charge is 2.34. The zero-order valence-electron chi connectivity index (χ0n) is 15.9. The van der Waals surface area contributed by atoms with E-state index in [0.29, 0.717) is 49.9 Å². The Morgan fingerprint density at radius 2 is 2.10 bits per heavy atom. The van der Waals surface area contributed by atoms with E-state index in [4.69, 9.17) is 44.0 Å². The van der Waals surface area contributed by atoms with Gasteiger partial charge < -0.3 is 14.5 Å². The molecule has 0 amide bonds. The molecule has 0 saturated carbocycles. The summed E-state index contributed by atoms with van der Waals surface area (Å²) < 4.78 is 37.9. The summed E-state index contributed by atoms with van der Waals surface area (Å²) in [5.74, 6) is -2.34. The Kier molecular flexibility index (Phi) is 7.77. The van der Waals surface area contributed by atoms with Crippen molar-refractivity contribution in [1.29, 1.82) is 5.26 Å².